The maximum atomic E-state index is 6.00. The number of aromatic nitrogens is 3. The molecule has 0 aliphatic rings. The number of para-hydroxylation sites is 1. The Morgan fingerprint density at radius 3 is 2.80 bits per heavy atom. The third kappa shape index (κ3) is 2.70. The zero-order valence-electron chi connectivity index (χ0n) is 11.4. The molecule has 4 nitrogen and oxygen atoms in total. The van der Waals surface area contributed by atoms with E-state index in [0.29, 0.717) is 5.15 Å². The molecule has 0 spiro atoms. The minimum absolute atomic E-state index is 0.661. The molecule has 20 heavy (non-hydrogen) atoms. The van der Waals surface area contributed by atoms with Gasteiger partial charge < -0.3 is 4.57 Å². The quantitative estimate of drug-likeness (QED) is 0.741. The van der Waals surface area contributed by atoms with Gasteiger partial charge in [0, 0.05) is 7.05 Å². The van der Waals surface area contributed by atoms with Gasteiger partial charge in [-0.3, -0.25) is 4.90 Å². The number of hydrogen-bond donors (Lipinski definition) is 0. The van der Waals surface area contributed by atoms with Gasteiger partial charge in [0.05, 0.1) is 29.5 Å². The summed E-state index contributed by atoms with van der Waals surface area (Å²) in [5.74, 6) is 0.957. The predicted octanol–water partition coefficient (Wildman–Crippen LogP) is 3.32. The van der Waals surface area contributed by atoms with Crippen molar-refractivity contribution in [3.05, 3.63) is 46.4 Å². The Morgan fingerprint density at radius 1 is 1.30 bits per heavy atom. The molecule has 0 saturated carbocycles. The van der Waals surface area contributed by atoms with Gasteiger partial charge in [0.25, 0.3) is 0 Å². The van der Waals surface area contributed by atoms with Crippen molar-refractivity contribution in [3.8, 4) is 0 Å². The van der Waals surface area contributed by atoms with Gasteiger partial charge in [0.15, 0.2) is 0 Å². The van der Waals surface area contributed by atoms with Crippen LogP contribution >= 0.6 is 22.9 Å². The SMILES string of the molecule is CN(Cc1nc2ccccc2s1)Cc1ncc(Cl)n1C. The molecule has 0 N–H and O–H groups in total. The standard InChI is InChI=1S/C14H15ClN4S/c1-18(8-13-16-7-12(15)19(13)2)9-14-17-10-5-3-4-6-11(10)20-14/h3-7H,8-9H2,1-2H3. The lowest BCUT2D eigenvalue weighted by Crippen LogP contribution is -2.19. The van der Waals surface area contributed by atoms with E-state index in [1.807, 2.05) is 29.8 Å². The number of hydrogen-bond acceptors (Lipinski definition) is 4. The van der Waals surface area contributed by atoms with Gasteiger partial charge in [-0.2, -0.15) is 0 Å². The molecule has 0 aliphatic carbocycles. The Kier molecular flexibility index (Phi) is 3.74. The monoisotopic (exact) mass is 306 g/mol. The number of thiazole rings is 1. The first-order valence-corrected chi connectivity index (χ1v) is 7.52. The summed E-state index contributed by atoms with van der Waals surface area (Å²) >= 11 is 7.74. The number of rotatable bonds is 4. The Labute approximate surface area is 126 Å². The second-order valence-electron chi connectivity index (χ2n) is 4.80. The highest BCUT2D eigenvalue weighted by Crippen LogP contribution is 2.22. The summed E-state index contributed by atoms with van der Waals surface area (Å²) in [6.07, 6.45) is 1.68. The van der Waals surface area contributed by atoms with Crippen LogP contribution in [0.15, 0.2) is 30.5 Å². The third-order valence-electron chi connectivity index (χ3n) is 3.18. The molecule has 0 fully saturated rings. The Hall–Kier alpha value is -1.43. The first-order valence-electron chi connectivity index (χ1n) is 6.32. The lowest BCUT2D eigenvalue weighted by atomic mass is 10.3. The lowest BCUT2D eigenvalue weighted by Gasteiger charge is -2.14. The van der Waals surface area contributed by atoms with Gasteiger partial charge in [0.1, 0.15) is 16.0 Å². The fraction of sp³-hybridized carbons (Fsp3) is 0.286. The fourth-order valence-corrected chi connectivity index (χ4v) is 3.28. The highest BCUT2D eigenvalue weighted by Gasteiger charge is 2.10. The van der Waals surface area contributed by atoms with Crippen LogP contribution in [0.5, 0.6) is 0 Å². The molecule has 0 atom stereocenters. The zero-order chi connectivity index (χ0) is 14.1. The molecular formula is C14H15ClN4S. The average Bonchev–Trinajstić information content (AvgIpc) is 2.96. The van der Waals surface area contributed by atoms with Gasteiger partial charge in [-0.05, 0) is 19.2 Å². The minimum Gasteiger partial charge on any atom is -0.321 e. The minimum atomic E-state index is 0.661. The second-order valence-corrected chi connectivity index (χ2v) is 6.31. The van der Waals surface area contributed by atoms with E-state index in [-0.39, 0.29) is 0 Å². The zero-order valence-corrected chi connectivity index (χ0v) is 12.9. The van der Waals surface area contributed by atoms with Gasteiger partial charge in [-0.1, -0.05) is 23.7 Å². The maximum absolute atomic E-state index is 6.00. The van der Waals surface area contributed by atoms with Gasteiger partial charge in [-0.15, -0.1) is 11.3 Å². The highest BCUT2D eigenvalue weighted by atomic mass is 35.5. The molecule has 6 heteroatoms. The predicted molar refractivity (Wildman–Crippen MR) is 83.0 cm³/mol. The van der Waals surface area contributed by atoms with Crippen molar-refractivity contribution in [2.45, 2.75) is 13.1 Å². The second kappa shape index (κ2) is 5.52. The van der Waals surface area contributed by atoms with E-state index in [1.165, 1.54) is 4.70 Å². The summed E-state index contributed by atoms with van der Waals surface area (Å²) in [5, 5.41) is 1.78. The highest BCUT2D eigenvalue weighted by molar-refractivity contribution is 7.18. The van der Waals surface area contributed by atoms with Crippen LogP contribution in [-0.4, -0.2) is 26.5 Å². The van der Waals surface area contributed by atoms with Crippen LogP contribution in [0.4, 0.5) is 0 Å². The van der Waals surface area contributed by atoms with E-state index in [4.69, 9.17) is 11.6 Å². The van der Waals surface area contributed by atoms with Crippen molar-refractivity contribution >= 4 is 33.2 Å². The van der Waals surface area contributed by atoms with Crippen molar-refractivity contribution in [1.82, 2.24) is 19.4 Å². The Balaban J connectivity index is 1.72. The van der Waals surface area contributed by atoms with Crippen LogP contribution in [0.25, 0.3) is 10.2 Å². The van der Waals surface area contributed by atoms with Crippen molar-refractivity contribution in [2.75, 3.05) is 7.05 Å². The van der Waals surface area contributed by atoms with Gasteiger partial charge in [0.2, 0.25) is 0 Å². The summed E-state index contributed by atoms with van der Waals surface area (Å²) < 4.78 is 3.13. The molecule has 104 valence electrons. The average molecular weight is 307 g/mol. The van der Waals surface area contributed by atoms with Crippen LogP contribution in [0.2, 0.25) is 5.15 Å². The van der Waals surface area contributed by atoms with Crippen molar-refractivity contribution < 1.29 is 0 Å². The number of imidazole rings is 1. The Morgan fingerprint density at radius 2 is 2.10 bits per heavy atom. The first-order chi connectivity index (χ1) is 9.63. The molecular weight excluding hydrogens is 292 g/mol. The maximum Gasteiger partial charge on any atom is 0.128 e. The third-order valence-corrected chi connectivity index (χ3v) is 4.55. The van der Waals surface area contributed by atoms with E-state index < -0.39 is 0 Å². The van der Waals surface area contributed by atoms with E-state index in [2.05, 4.69) is 28.0 Å². The van der Waals surface area contributed by atoms with Crippen LogP contribution < -0.4 is 0 Å². The molecule has 2 heterocycles. The van der Waals surface area contributed by atoms with E-state index in [9.17, 15) is 0 Å². The smallest absolute Gasteiger partial charge is 0.128 e. The molecule has 0 bridgehead atoms. The number of halogens is 1. The number of benzene rings is 1. The molecule has 0 radical (unpaired) electrons. The molecule has 0 unspecified atom stereocenters. The topological polar surface area (TPSA) is 34.0 Å². The number of fused-ring (bicyclic) bond motifs is 1. The summed E-state index contributed by atoms with van der Waals surface area (Å²) in [7, 11) is 3.99. The van der Waals surface area contributed by atoms with Gasteiger partial charge >= 0.3 is 0 Å². The molecule has 3 aromatic rings. The molecule has 0 saturated heterocycles. The van der Waals surface area contributed by atoms with Crippen molar-refractivity contribution in [1.29, 1.82) is 0 Å². The van der Waals surface area contributed by atoms with E-state index >= 15 is 0 Å². The fourth-order valence-electron chi connectivity index (χ4n) is 2.09. The van der Waals surface area contributed by atoms with Crippen molar-refractivity contribution in [3.63, 3.8) is 0 Å². The van der Waals surface area contributed by atoms with Crippen LogP contribution in [0.3, 0.4) is 0 Å². The summed E-state index contributed by atoms with van der Waals surface area (Å²) in [6.45, 7) is 1.56. The summed E-state index contributed by atoms with van der Waals surface area (Å²) in [5.41, 5.74) is 1.07. The summed E-state index contributed by atoms with van der Waals surface area (Å²) in [6, 6.07) is 8.22. The molecule has 1 aromatic carbocycles. The molecule has 2 aromatic heterocycles. The van der Waals surface area contributed by atoms with Gasteiger partial charge in [-0.25, -0.2) is 9.97 Å². The van der Waals surface area contributed by atoms with E-state index in [1.54, 1.807) is 17.5 Å². The van der Waals surface area contributed by atoms with E-state index in [0.717, 1.165) is 29.4 Å². The van der Waals surface area contributed by atoms with Crippen LogP contribution in [0.1, 0.15) is 10.8 Å². The number of nitrogens with zero attached hydrogens (tertiary/aromatic N) is 4. The largest absolute Gasteiger partial charge is 0.321 e. The molecule has 3 rings (SSSR count). The van der Waals surface area contributed by atoms with Crippen LogP contribution in [-0.2, 0) is 20.1 Å². The van der Waals surface area contributed by atoms with Crippen molar-refractivity contribution in [2.24, 2.45) is 7.05 Å². The first kappa shape index (κ1) is 13.5. The van der Waals surface area contributed by atoms with Crippen LogP contribution in [0, 0.1) is 0 Å². The molecule has 0 aliphatic heterocycles. The lowest BCUT2D eigenvalue weighted by molar-refractivity contribution is 0.307. The summed E-state index contributed by atoms with van der Waals surface area (Å²) in [4.78, 5) is 11.1. The molecule has 0 amide bonds. The Bertz CT molecular complexity index is 701. The normalized spacial score (nSPS) is 11.6.